The Kier molecular flexibility index (Phi) is 52.5. The molecule has 0 aliphatic rings. The van der Waals surface area contributed by atoms with Gasteiger partial charge in [0.1, 0.15) is 13.2 Å². The van der Waals surface area contributed by atoms with E-state index in [0.717, 1.165) is 128 Å². The molecule has 0 aromatic heterocycles. The molecule has 0 heterocycles. The molecule has 0 aliphatic heterocycles. The lowest BCUT2D eigenvalue weighted by Gasteiger charge is -2.18. The van der Waals surface area contributed by atoms with Gasteiger partial charge in [-0.2, -0.15) is 0 Å². The van der Waals surface area contributed by atoms with E-state index in [-0.39, 0.29) is 44.0 Å². The molecule has 0 spiro atoms. The predicted octanol–water partition coefficient (Wildman–Crippen LogP) is 18.6. The second-order valence-electron chi connectivity index (χ2n) is 17.7. The maximum atomic E-state index is 12.8. The van der Waals surface area contributed by atoms with Gasteiger partial charge in [-0.25, -0.2) is 0 Å². The molecule has 6 nitrogen and oxygen atoms in total. The van der Waals surface area contributed by atoms with Crippen LogP contribution in [0.5, 0.6) is 0 Å². The van der Waals surface area contributed by atoms with E-state index in [2.05, 4.69) is 142 Å². The molecule has 388 valence electrons. The molecule has 0 aliphatic carbocycles. The smallest absolute Gasteiger partial charge is 0.306 e. The number of ether oxygens (including phenoxy) is 3. The van der Waals surface area contributed by atoms with Gasteiger partial charge >= 0.3 is 17.9 Å². The third-order valence-corrected chi connectivity index (χ3v) is 11.1. The molecule has 0 bridgehead atoms. The highest BCUT2D eigenvalue weighted by atomic mass is 16.6. The van der Waals surface area contributed by atoms with Gasteiger partial charge in [0.2, 0.25) is 0 Å². The van der Waals surface area contributed by atoms with Crippen molar-refractivity contribution in [1.82, 2.24) is 0 Å². The van der Waals surface area contributed by atoms with Crippen LogP contribution in [0.25, 0.3) is 0 Å². The average molecular weight is 953 g/mol. The van der Waals surface area contributed by atoms with Crippen molar-refractivity contribution in [2.24, 2.45) is 0 Å². The fraction of sp³-hybridized carbons (Fsp3) is 0.603. The van der Waals surface area contributed by atoms with E-state index >= 15 is 0 Å². The van der Waals surface area contributed by atoms with E-state index in [4.69, 9.17) is 14.2 Å². The zero-order valence-electron chi connectivity index (χ0n) is 44.3. The fourth-order valence-electron chi connectivity index (χ4n) is 7.04. The van der Waals surface area contributed by atoms with Crippen LogP contribution in [-0.4, -0.2) is 37.2 Å². The summed E-state index contributed by atoms with van der Waals surface area (Å²) in [7, 11) is 0. The maximum Gasteiger partial charge on any atom is 0.306 e. The van der Waals surface area contributed by atoms with Crippen LogP contribution in [0.15, 0.2) is 134 Å². The zero-order chi connectivity index (χ0) is 50.0. The van der Waals surface area contributed by atoms with Crippen LogP contribution in [0.1, 0.15) is 226 Å². The Balaban J connectivity index is 4.56. The first-order chi connectivity index (χ1) is 34.0. The summed E-state index contributed by atoms with van der Waals surface area (Å²) in [5.74, 6) is -1.04. The minimum atomic E-state index is -0.827. The van der Waals surface area contributed by atoms with Gasteiger partial charge in [0.05, 0.1) is 0 Å². The Bertz CT molecular complexity index is 1510. The van der Waals surface area contributed by atoms with Gasteiger partial charge in [0.25, 0.3) is 0 Å². The van der Waals surface area contributed by atoms with Crippen LogP contribution in [0.4, 0.5) is 0 Å². The van der Waals surface area contributed by atoms with Crippen molar-refractivity contribution < 1.29 is 28.6 Å². The third kappa shape index (κ3) is 54.4. The summed E-state index contributed by atoms with van der Waals surface area (Å²) in [6.45, 7) is 6.30. The lowest BCUT2D eigenvalue weighted by Crippen LogP contribution is -2.30. The molecule has 0 N–H and O–H groups in total. The highest BCUT2D eigenvalue weighted by molar-refractivity contribution is 5.71. The van der Waals surface area contributed by atoms with Crippen molar-refractivity contribution in [3.63, 3.8) is 0 Å². The van der Waals surface area contributed by atoms with Crippen LogP contribution in [0, 0.1) is 0 Å². The number of unbranched alkanes of at least 4 members (excludes halogenated alkanes) is 15. The second kappa shape index (κ2) is 56.1. The standard InChI is InChI=1S/C63H100O6/c1-4-7-10-13-16-19-22-25-27-29-31-33-35-38-41-44-47-50-53-56-62(65)68-59-60(58-67-61(64)55-52-49-46-43-40-37-24-21-18-15-12-9-6-3)69-63(66)57-54-51-48-45-42-39-36-34-32-30-28-26-23-20-17-14-11-8-5-2/h7-8,10-11,16-17,19-20,25-28,31-34,37-38,40-41,47,50,60H,4-6,9,12-15,18,21-24,29-30,35-36,39,42-46,48-49,51-59H2,1-3H3/b10-7-,11-8-,19-16-,20-17-,27-25-,28-26-,33-31-,34-32-,40-37-,41-38-,50-47-. The number of carbonyl (C=O) groups excluding carboxylic acids is 3. The predicted molar refractivity (Wildman–Crippen MR) is 297 cm³/mol. The molecule has 0 saturated carbocycles. The van der Waals surface area contributed by atoms with Crippen LogP contribution in [0.2, 0.25) is 0 Å². The van der Waals surface area contributed by atoms with Gasteiger partial charge in [0.15, 0.2) is 6.10 Å². The summed E-state index contributed by atoms with van der Waals surface area (Å²) in [5, 5.41) is 0. The van der Waals surface area contributed by atoms with Gasteiger partial charge in [-0.15, -0.1) is 0 Å². The van der Waals surface area contributed by atoms with E-state index in [1.165, 1.54) is 51.4 Å². The number of allylic oxidation sites excluding steroid dienone is 22. The first kappa shape index (κ1) is 64.5. The molecule has 6 heteroatoms. The molecule has 0 fully saturated rings. The number of esters is 3. The number of hydrogen-bond acceptors (Lipinski definition) is 6. The van der Waals surface area contributed by atoms with E-state index in [9.17, 15) is 14.4 Å². The highest BCUT2D eigenvalue weighted by Gasteiger charge is 2.19. The van der Waals surface area contributed by atoms with Crippen molar-refractivity contribution >= 4 is 17.9 Å². The van der Waals surface area contributed by atoms with Gasteiger partial charge < -0.3 is 14.2 Å². The van der Waals surface area contributed by atoms with Crippen LogP contribution in [-0.2, 0) is 28.6 Å². The molecule has 69 heavy (non-hydrogen) atoms. The normalized spacial score (nSPS) is 13.1. The van der Waals surface area contributed by atoms with Crippen molar-refractivity contribution in [3.05, 3.63) is 134 Å². The maximum absolute atomic E-state index is 12.8. The van der Waals surface area contributed by atoms with Crippen molar-refractivity contribution in [3.8, 4) is 0 Å². The highest BCUT2D eigenvalue weighted by Crippen LogP contribution is 2.13. The van der Waals surface area contributed by atoms with Crippen LogP contribution in [0.3, 0.4) is 0 Å². The van der Waals surface area contributed by atoms with E-state index in [0.29, 0.717) is 12.8 Å². The summed E-state index contributed by atoms with van der Waals surface area (Å²) >= 11 is 0. The summed E-state index contributed by atoms with van der Waals surface area (Å²) in [4.78, 5) is 38.1. The minimum Gasteiger partial charge on any atom is -0.462 e. The largest absolute Gasteiger partial charge is 0.462 e. The van der Waals surface area contributed by atoms with Crippen molar-refractivity contribution in [2.45, 2.75) is 232 Å². The van der Waals surface area contributed by atoms with Gasteiger partial charge in [-0.05, 0) is 122 Å². The quantitative estimate of drug-likeness (QED) is 0.0262. The Labute approximate surface area is 424 Å². The number of rotatable bonds is 48. The van der Waals surface area contributed by atoms with Gasteiger partial charge in [0, 0.05) is 19.3 Å². The topological polar surface area (TPSA) is 78.9 Å². The molecule has 0 aromatic carbocycles. The monoisotopic (exact) mass is 953 g/mol. The summed E-state index contributed by atoms with van der Waals surface area (Å²) in [6.07, 6.45) is 78.8. The Hall–Kier alpha value is -4.45. The number of carbonyl (C=O) groups is 3. The Morgan fingerprint density at radius 2 is 0.594 bits per heavy atom. The van der Waals surface area contributed by atoms with Crippen molar-refractivity contribution in [1.29, 1.82) is 0 Å². The molecule has 1 unspecified atom stereocenters. The van der Waals surface area contributed by atoms with Gasteiger partial charge in [-0.1, -0.05) is 219 Å². The van der Waals surface area contributed by atoms with Crippen LogP contribution >= 0.6 is 0 Å². The SMILES string of the molecule is CC/C=C\C/C=C\C/C=C\C/C=C\C/C=C\C/C=C\CCC(=O)OCC(COC(=O)CCCCC/C=C\CCCCCCCC)OC(=O)CCCCCCCC/C=C\C/C=C\C/C=C\C/C=C\CC. The molecule has 0 amide bonds. The lowest BCUT2D eigenvalue weighted by molar-refractivity contribution is -0.166. The summed E-state index contributed by atoms with van der Waals surface area (Å²) in [6, 6.07) is 0. The molecular formula is C63H100O6. The first-order valence-corrected chi connectivity index (χ1v) is 27.7. The third-order valence-electron chi connectivity index (χ3n) is 11.1. The minimum absolute atomic E-state index is 0.120. The second-order valence-corrected chi connectivity index (χ2v) is 17.7. The van der Waals surface area contributed by atoms with Crippen LogP contribution < -0.4 is 0 Å². The van der Waals surface area contributed by atoms with E-state index in [1.807, 2.05) is 12.2 Å². The Morgan fingerprint density at radius 1 is 0.304 bits per heavy atom. The zero-order valence-corrected chi connectivity index (χ0v) is 44.3. The lowest BCUT2D eigenvalue weighted by atomic mass is 10.1. The van der Waals surface area contributed by atoms with Gasteiger partial charge in [-0.3, -0.25) is 14.4 Å². The van der Waals surface area contributed by atoms with E-state index in [1.54, 1.807) is 0 Å². The average Bonchev–Trinajstić information content (AvgIpc) is 3.35. The van der Waals surface area contributed by atoms with E-state index < -0.39 is 6.10 Å². The molecule has 0 rings (SSSR count). The Morgan fingerprint density at radius 3 is 1.00 bits per heavy atom. The van der Waals surface area contributed by atoms with Crippen molar-refractivity contribution in [2.75, 3.05) is 13.2 Å². The fourth-order valence-corrected chi connectivity index (χ4v) is 7.04. The summed E-state index contributed by atoms with van der Waals surface area (Å²) < 4.78 is 16.7. The molecule has 1 atom stereocenters. The number of hydrogen-bond donors (Lipinski definition) is 0. The molecule has 0 saturated heterocycles. The summed E-state index contributed by atoms with van der Waals surface area (Å²) in [5.41, 5.74) is 0. The first-order valence-electron chi connectivity index (χ1n) is 27.7. The molecule has 0 aromatic rings. The molecule has 0 radical (unpaired) electrons. The molecular weight excluding hydrogens is 853 g/mol.